The largest absolute Gasteiger partial charge is 0.472 e. The number of rotatable bonds is 3. The molecule has 5 heteroatoms. The number of nitrogens with two attached hydrogens (primary N) is 1. The fraction of sp³-hybridized carbons (Fsp3) is 0.167. The van der Waals surface area contributed by atoms with Crippen molar-refractivity contribution in [1.82, 2.24) is 14.6 Å². The summed E-state index contributed by atoms with van der Waals surface area (Å²) in [4.78, 5) is 4.09. The van der Waals surface area contributed by atoms with Gasteiger partial charge in [-0.25, -0.2) is 4.52 Å². The van der Waals surface area contributed by atoms with Gasteiger partial charge in [-0.3, -0.25) is 4.98 Å². The van der Waals surface area contributed by atoms with Crippen molar-refractivity contribution >= 4 is 5.52 Å². The van der Waals surface area contributed by atoms with Crippen molar-refractivity contribution in [1.29, 1.82) is 0 Å². The van der Waals surface area contributed by atoms with E-state index >= 15 is 0 Å². The van der Waals surface area contributed by atoms with Gasteiger partial charge in [0.25, 0.3) is 0 Å². The molecular weight excluding hydrogens is 216 g/mol. The maximum absolute atomic E-state index is 6.17. The van der Waals surface area contributed by atoms with E-state index in [1.807, 2.05) is 12.3 Å². The fourth-order valence-electron chi connectivity index (χ4n) is 1.91. The molecule has 0 fully saturated rings. The zero-order valence-electron chi connectivity index (χ0n) is 9.15. The van der Waals surface area contributed by atoms with Crippen molar-refractivity contribution in [2.45, 2.75) is 12.5 Å². The van der Waals surface area contributed by atoms with Crippen LogP contribution < -0.4 is 5.73 Å². The van der Waals surface area contributed by atoms with Crippen molar-refractivity contribution in [3.05, 3.63) is 54.5 Å². The molecule has 3 heterocycles. The standard InChI is InChI=1S/C12H12N4O/c13-11(5-9-1-4-17-8-9)10-6-15-16-3-2-14-7-12(10)16/h1-4,6-8,11H,5,13H2. The highest BCUT2D eigenvalue weighted by molar-refractivity contribution is 5.53. The van der Waals surface area contributed by atoms with Crippen LogP contribution >= 0.6 is 0 Å². The highest BCUT2D eigenvalue weighted by atomic mass is 16.3. The van der Waals surface area contributed by atoms with Gasteiger partial charge in [-0.2, -0.15) is 5.10 Å². The molecule has 0 saturated heterocycles. The number of fused-ring (bicyclic) bond motifs is 1. The summed E-state index contributed by atoms with van der Waals surface area (Å²) in [6, 6.07) is 1.82. The van der Waals surface area contributed by atoms with Crippen LogP contribution in [-0.4, -0.2) is 14.6 Å². The van der Waals surface area contributed by atoms with E-state index in [4.69, 9.17) is 10.2 Å². The van der Waals surface area contributed by atoms with Crippen LogP contribution in [0.5, 0.6) is 0 Å². The van der Waals surface area contributed by atoms with Crippen molar-refractivity contribution < 1.29 is 4.42 Å². The predicted molar refractivity (Wildman–Crippen MR) is 62.3 cm³/mol. The maximum atomic E-state index is 6.17. The van der Waals surface area contributed by atoms with Gasteiger partial charge in [-0.05, 0) is 18.1 Å². The van der Waals surface area contributed by atoms with E-state index < -0.39 is 0 Å². The van der Waals surface area contributed by atoms with Gasteiger partial charge in [-0.1, -0.05) is 0 Å². The Morgan fingerprint density at radius 2 is 2.35 bits per heavy atom. The van der Waals surface area contributed by atoms with Gasteiger partial charge < -0.3 is 10.2 Å². The lowest BCUT2D eigenvalue weighted by Crippen LogP contribution is -2.12. The molecule has 1 unspecified atom stereocenters. The molecule has 0 amide bonds. The number of furan rings is 1. The molecule has 0 aromatic carbocycles. The summed E-state index contributed by atoms with van der Waals surface area (Å²) >= 11 is 0. The Balaban J connectivity index is 1.93. The Bertz CT molecular complexity index is 614. The van der Waals surface area contributed by atoms with Crippen molar-refractivity contribution in [2.24, 2.45) is 5.73 Å². The van der Waals surface area contributed by atoms with E-state index in [1.165, 1.54) is 0 Å². The van der Waals surface area contributed by atoms with E-state index in [0.717, 1.165) is 23.1 Å². The minimum atomic E-state index is -0.103. The molecule has 0 saturated carbocycles. The van der Waals surface area contributed by atoms with E-state index in [2.05, 4.69) is 10.1 Å². The van der Waals surface area contributed by atoms with Crippen LogP contribution in [0.15, 0.2) is 47.8 Å². The highest BCUT2D eigenvalue weighted by Crippen LogP contribution is 2.20. The second kappa shape index (κ2) is 4.03. The molecule has 3 aromatic rings. The van der Waals surface area contributed by atoms with Crippen LogP contribution in [0.3, 0.4) is 0 Å². The van der Waals surface area contributed by atoms with E-state index in [-0.39, 0.29) is 6.04 Å². The summed E-state index contributed by atoms with van der Waals surface area (Å²) < 4.78 is 6.81. The quantitative estimate of drug-likeness (QED) is 0.738. The van der Waals surface area contributed by atoms with Gasteiger partial charge >= 0.3 is 0 Å². The average Bonchev–Trinajstić information content (AvgIpc) is 2.96. The predicted octanol–water partition coefficient (Wildman–Crippen LogP) is 1.56. The lowest BCUT2D eigenvalue weighted by atomic mass is 10.0. The van der Waals surface area contributed by atoms with Crippen LogP contribution in [-0.2, 0) is 6.42 Å². The second-order valence-electron chi connectivity index (χ2n) is 3.95. The zero-order valence-corrected chi connectivity index (χ0v) is 9.15. The maximum Gasteiger partial charge on any atom is 0.0935 e. The van der Waals surface area contributed by atoms with Crippen LogP contribution in [0.4, 0.5) is 0 Å². The summed E-state index contributed by atoms with van der Waals surface area (Å²) in [6.45, 7) is 0. The third-order valence-corrected chi connectivity index (χ3v) is 2.79. The molecular formula is C12H12N4O. The number of nitrogens with zero attached hydrogens (tertiary/aromatic N) is 3. The fourth-order valence-corrected chi connectivity index (χ4v) is 1.91. The molecule has 5 nitrogen and oxygen atoms in total. The van der Waals surface area contributed by atoms with Gasteiger partial charge in [0.05, 0.1) is 30.4 Å². The Labute approximate surface area is 97.9 Å². The number of aromatic nitrogens is 3. The summed E-state index contributed by atoms with van der Waals surface area (Å²) in [5.74, 6) is 0. The SMILES string of the molecule is NC(Cc1ccoc1)c1cnn2ccncc12. The summed E-state index contributed by atoms with van der Waals surface area (Å²) in [5.41, 5.74) is 9.21. The average molecular weight is 228 g/mol. The first-order valence-corrected chi connectivity index (χ1v) is 5.38. The van der Waals surface area contributed by atoms with E-state index in [0.29, 0.717) is 0 Å². The molecule has 86 valence electrons. The molecule has 0 bridgehead atoms. The molecule has 0 aliphatic heterocycles. The third-order valence-electron chi connectivity index (χ3n) is 2.79. The van der Waals surface area contributed by atoms with Crippen LogP contribution in [0.25, 0.3) is 5.52 Å². The molecule has 0 aliphatic rings. The van der Waals surface area contributed by atoms with E-state index in [9.17, 15) is 0 Å². The Kier molecular flexibility index (Phi) is 2.38. The number of hydrogen-bond donors (Lipinski definition) is 1. The Morgan fingerprint density at radius 3 is 3.18 bits per heavy atom. The zero-order chi connectivity index (χ0) is 11.7. The van der Waals surface area contributed by atoms with Crippen molar-refractivity contribution in [2.75, 3.05) is 0 Å². The first kappa shape index (κ1) is 10.0. The van der Waals surface area contributed by atoms with Crippen molar-refractivity contribution in [3.8, 4) is 0 Å². The first-order valence-electron chi connectivity index (χ1n) is 5.38. The van der Waals surface area contributed by atoms with Crippen LogP contribution in [0, 0.1) is 0 Å². The van der Waals surface area contributed by atoms with Crippen LogP contribution in [0.2, 0.25) is 0 Å². The number of hydrogen-bond acceptors (Lipinski definition) is 4. The smallest absolute Gasteiger partial charge is 0.0935 e. The summed E-state index contributed by atoms with van der Waals surface area (Å²) in [5, 5.41) is 4.24. The minimum absolute atomic E-state index is 0.103. The molecule has 0 aliphatic carbocycles. The topological polar surface area (TPSA) is 69.3 Å². The highest BCUT2D eigenvalue weighted by Gasteiger charge is 2.13. The van der Waals surface area contributed by atoms with Gasteiger partial charge in [-0.15, -0.1) is 0 Å². The van der Waals surface area contributed by atoms with Crippen LogP contribution in [0.1, 0.15) is 17.2 Å². The normalized spacial score (nSPS) is 13.0. The molecule has 3 aromatic heterocycles. The first-order chi connectivity index (χ1) is 8.34. The Morgan fingerprint density at radius 1 is 1.41 bits per heavy atom. The monoisotopic (exact) mass is 228 g/mol. The van der Waals surface area contributed by atoms with Gasteiger partial charge in [0.15, 0.2) is 0 Å². The molecule has 2 N–H and O–H groups in total. The lowest BCUT2D eigenvalue weighted by Gasteiger charge is -2.08. The van der Waals surface area contributed by atoms with Gasteiger partial charge in [0, 0.05) is 24.0 Å². The molecule has 0 spiro atoms. The van der Waals surface area contributed by atoms with E-state index in [1.54, 1.807) is 35.6 Å². The lowest BCUT2D eigenvalue weighted by molar-refractivity contribution is 0.561. The second-order valence-corrected chi connectivity index (χ2v) is 3.95. The van der Waals surface area contributed by atoms with Gasteiger partial charge in [0.1, 0.15) is 0 Å². The third kappa shape index (κ3) is 1.81. The summed E-state index contributed by atoms with van der Waals surface area (Å²) in [7, 11) is 0. The molecule has 17 heavy (non-hydrogen) atoms. The minimum Gasteiger partial charge on any atom is -0.472 e. The molecule has 1 atom stereocenters. The summed E-state index contributed by atoms with van der Waals surface area (Å²) in [6.07, 6.45) is 11.2. The molecule has 0 radical (unpaired) electrons. The van der Waals surface area contributed by atoms with Crippen molar-refractivity contribution in [3.63, 3.8) is 0 Å². The van der Waals surface area contributed by atoms with Gasteiger partial charge in [0.2, 0.25) is 0 Å². The Hall–Kier alpha value is -2.14. The molecule has 3 rings (SSSR count).